The van der Waals surface area contributed by atoms with Gasteiger partial charge in [-0.2, -0.15) is 0 Å². The van der Waals surface area contributed by atoms with Crippen molar-refractivity contribution < 1.29 is 19.3 Å². The van der Waals surface area contributed by atoms with E-state index in [2.05, 4.69) is 0 Å². The normalized spacial score (nSPS) is 40.6. The molecule has 0 radical (unpaired) electrons. The first-order valence-electron chi connectivity index (χ1n) is 5.51. The summed E-state index contributed by atoms with van der Waals surface area (Å²) < 4.78 is 15.8. The van der Waals surface area contributed by atoms with Crippen LogP contribution in [0, 0.1) is 0 Å². The van der Waals surface area contributed by atoms with Gasteiger partial charge in [0.2, 0.25) is 0 Å². The van der Waals surface area contributed by atoms with Crippen LogP contribution in [0.1, 0.15) is 27.7 Å². The Morgan fingerprint density at radius 2 is 1.27 bits per heavy atom. The molecule has 0 amide bonds. The first-order valence-corrected chi connectivity index (χ1v) is 5.51. The molecule has 0 aliphatic carbocycles. The van der Waals surface area contributed by atoms with Crippen molar-refractivity contribution in [3.05, 3.63) is 0 Å². The number of hydrogen-bond acceptors (Lipinski definition) is 4. The number of aliphatic hydroxyl groups excluding tert-OH is 1. The molecule has 4 heteroatoms. The summed E-state index contributed by atoms with van der Waals surface area (Å²) in [5, 5.41) is 9.84. The molecule has 15 heavy (non-hydrogen) atoms. The molecule has 1 saturated heterocycles. The molecule has 1 N–H and O–H groups in total. The zero-order chi connectivity index (χ0) is 12.0. The Bertz CT molecular complexity index is 147. The van der Waals surface area contributed by atoms with E-state index in [9.17, 15) is 5.11 Å². The highest BCUT2D eigenvalue weighted by atomic mass is 16.6. The molecule has 0 saturated carbocycles. The van der Waals surface area contributed by atoms with E-state index < -0.39 is 6.10 Å². The Morgan fingerprint density at radius 1 is 0.933 bits per heavy atom. The second kappa shape index (κ2) is 7.17. The molecule has 0 aromatic rings. The standard InChI is InChI=1S/C9H18O4.C2H6/c1-5-8(11-3)7(10)9(12-4)6(2)13-5;1-2/h5-10H,1-4H3;1-2H3/t5-,6?,7?,8?,9-;/m0./s1. The highest BCUT2D eigenvalue weighted by molar-refractivity contribution is 4.90. The summed E-state index contributed by atoms with van der Waals surface area (Å²) in [6.45, 7) is 7.78. The van der Waals surface area contributed by atoms with Crippen LogP contribution in [0.5, 0.6) is 0 Å². The van der Waals surface area contributed by atoms with Gasteiger partial charge in [0.25, 0.3) is 0 Å². The number of rotatable bonds is 2. The van der Waals surface area contributed by atoms with Crippen LogP contribution in [0.15, 0.2) is 0 Å². The van der Waals surface area contributed by atoms with Gasteiger partial charge < -0.3 is 19.3 Å². The summed E-state index contributed by atoms with van der Waals surface area (Å²) >= 11 is 0. The lowest BCUT2D eigenvalue weighted by atomic mass is 9.96. The minimum Gasteiger partial charge on any atom is -0.387 e. The molecule has 1 heterocycles. The zero-order valence-electron chi connectivity index (χ0n) is 10.6. The predicted molar refractivity (Wildman–Crippen MR) is 59.0 cm³/mol. The lowest BCUT2D eigenvalue weighted by Gasteiger charge is -2.41. The molecule has 1 aliphatic rings. The monoisotopic (exact) mass is 220 g/mol. The molecule has 1 aliphatic heterocycles. The second-order valence-electron chi connectivity index (χ2n) is 3.44. The largest absolute Gasteiger partial charge is 0.387 e. The third kappa shape index (κ3) is 3.41. The fourth-order valence-corrected chi connectivity index (χ4v) is 1.90. The lowest BCUT2D eigenvalue weighted by molar-refractivity contribution is -0.226. The van der Waals surface area contributed by atoms with Crippen molar-refractivity contribution in [2.75, 3.05) is 14.2 Å². The molecule has 0 bridgehead atoms. The van der Waals surface area contributed by atoms with Crippen LogP contribution in [0.25, 0.3) is 0 Å². The Balaban J connectivity index is 0.000000921. The molecular formula is C11H24O4. The van der Waals surface area contributed by atoms with Gasteiger partial charge in [-0.25, -0.2) is 0 Å². The van der Waals surface area contributed by atoms with Crippen LogP contribution in [0.4, 0.5) is 0 Å². The Labute approximate surface area is 92.5 Å². The highest BCUT2D eigenvalue weighted by Gasteiger charge is 2.41. The fourth-order valence-electron chi connectivity index (χ4n) is 1.90. The van der Waals surface area contributed by atoms with Gasteiger partial charge in [-0.05, 0) is 13.8 Å². The maximum absolute atomic E-state index is 9.84. The molecule has 4 nitrogen and oxygen atoms in total. The summed E-state index contributed by atoms with van der Waals surface area (Å²) in [5.74, 6) is 0. The first kappa shape index (κ1) is 14.8. The predicted octanol–water partition coefficient (Wildman–Crippen LogP) is 1.21. The van der Waals surface area contributed by atoms with Crippen molar-refractivity contribution >= 4 is 0 Å². The molecule has 0 spiro atoms. The topological polar surface area (TPSA) is 47.9 Å². The van der Waals surface area contributed by atoms with Crippen LogP contribution in [-0.4, -0.2) is 49.8 Å². The summed E-state index contributed by atoms with van der Waals surface area (Å²) in [5.41, 5.74) is 0. The van der Waals surface area contributed by atoms with Gasteiger partial charge in [0.05, 0.1) is 12.2 Å². The number of methoxy groups -OCH3 is 2. The van der Waals surface area contributed by atoms with E-state index in [0.29, 0.717) is 0 Å². The molecule has 5 atom stereocenters. The third-order valence-electron chi connectivity index (χ3n) is 2.57. The van der Waals surface area contributed by atoms with Crippen LogP contribution in [0.3, 0.4) is 0 Å². The average molecular weight is 220 g/mol. The zero-order valence-corrected chi connectivity index (χ0v) is 10.6. The smallest absolute Gasteiger partial charge is 0.111 e. The van der Waals surface area contributed by atoms with E-state index in [1.165, 1.54) is 0 Å². The van der Waals surface area contributed by atoms with Crippen molar-refractivity contribution in [1.29, 1.82) is 0 Å². The van der Waals surface area contributed by atoms with Crippen LogP contribution >= 0.6 is 0 Å². The molecule has 1 fully saturated rings. The minimum absolute atomic E-state index is 0.0959. The SMILES string of the molecule is CC.COC1C(O)[C@@H](OC)C(C)O[C@H]1C. The first-order chi connectivity index (χ1) is 7.11. The Morgan fingerprint density at radius 3 is 1.53 bits per heavy atom. The summed E-state index contributed by atoms with van der Waals surface area (Å²) in [7, 11) is 3.13. The van der Waals surface area contributed by atoms with Crippen LogP contribution in [-0.2, 0) is 14.2 Å². The van der Waals surface area contributed by atoms with Gasteiger partial charge in [-0.15, -0.1) is 0 Å². The Hall–Kier alpha value is -0.160. The average Bonchev–Trinajstić information content (AvgIpc) is 2.21. The Kier molecular flexibility index (Phi) is 7.09. The van der Waals surface area contributed by atoms with Gasteiger partial charge in [0.15, 0.2) is 0 Å². The molecule has 0 aromatic heterocycles. The van der Waals surface area contributed by atoms with Crippen molar-refractivity contribution in [1.82, 2.24) is 0 Å². The van der Waals surface area contributed by atoms with Gasteiger partial charge >= 0.3 is 0 Å². The highest BCUT2D eigenvalue weighted by Crippen LogP contribution is 2.24. The number of aliphatic hydroxyl groups is 1. The maximum Gasteiger partial charge on any atom is 0.111 e. The van der Waals surface area contributed by atoms with Gasteiger partial charge in [0.1, 0.15) is 18.3 Å². The molecule has 1 rings (SSSR count). The lowest BCUT2D eigenvalue weighted by Crippen LogP contribution is -2.57. The van der Waals surface area contributed by atoms with Crippen molar-refractivity contribution in [2.45, 2.75) is 58.2 Å². The molecule has 0 aromatic carbocycles. The third-order valence-corrected chi connectivity index (χ3v) is 2.57. The molecule has 3 unspecified atom stereocenters. The van der Waals surface area contributed by atoms with E-state index in [1.807, 2.05) is 27.7 Å². The summed E-state index contributed by atoms with van der Waals surface area (Å²) in [6, 6.07) is 0. The van der Waals surface area contributed by atoms with Crippen molar-refractivity contribution in [2.24, 2.45) is 0 Å². The quantitative estimate of drug-likeness (QED) is 0.760. The summed E-state index contributed by atoms with van der Waals surface area (Å²) in [6.07, 6.45) is -1.42. The van der Waals surface area contributed by atoms with E-state index in [4.69, 9.17) is 14.2 Å². The molecule has 92 valence electrons. The minimum atomic E-state index is -0.617. The summed E-state index contributed by atoms with van der Waals surface area (Å²) in [4.78, 5) is 0. The second-order valence-corrected chi connectivity index (χ2v) is 3.44. The maximum atomic E-state index is 9.84. The van der Waals surface area contributed by atoms with E-state index in [-0.39, 0.29) is 24.4 Å². The number of hydrogen-bond donors (Lipinski definition) is 1. The van der Waals surface area contributed by atoms with Crippen molar-refractivity contribution in [3.63, 3.8) is 0 Å². The van der Waals surface area contributed by atoms with Crippen LogP contribution in [0.2, 0.25) is 0 Å². The van der Waals surface area contributed by atoms with Crippen molar-refractivity contribution in [3.8, 4) is 0 Å². The van der Waals surface area contributed by atoms with E-state index >= 15 is 0 Å². The van der Waals surface area contributed by atoms with Gasteiger partial charge in [-0.3, -0.25) is 0 Å². The van der Waals surface area contributed by atoms with Gasteiger partial charge in [0, 0.05) is 14.2 Å². The van der Waals surface area contributed by atoms with E-state index in [0.717, 1.165) is 0 Å². The molecular weight excluding hydrogens is 196 g/mol. The van der Waals surface area contributed by atoms with Gasteiger partial charge in [-0.1, -0.05) is 13.8 Å². The fraction of sp³-hybridized carbons (Fsp3) is 1.00. The van der Waals surface area contributed by atoms with E-state index in [1.54, 1.807) is 14.2 Å². The van der Waals surface area contributed by atoms with Crippen LogP contribution < -0.4 is 0 Å². The number of ether oxygens (including phenoxy) is 3.